The van der Waals surface area contributed by atoms with E-state index >= 15 is 0 Å². The summed E-state index contributed by atoms with van der Waals surface area (Å²) in [6, 6.07) is 18.7. The van der Waals surface area contributed by atoms with E-state index in [1.165, 1.54) is 4.31 Å². The predicted octanol–water partition coefficient (Wildman–Crippen LogP) is 5.92. The van der Waals surface area contributed by atoms with Crippen molar-refractivity contribution in [1.29, 1.82) is 0 Å². The fourth-order valence-electron chi connectivity index (χ4n) is 3.59. The van der Waals surface area contributed by atoms with Crippen molar-refractivity contribution in [3.8, 4) is 0 Å². The Morgan fingerprint density at radius 2 is 1.52 bits per heavy atom. The van der Waals surface area contributed by atoms with Gasteiger partial charge in [-0.3, -0.25) is 9.10 Å². The number of carbonyl (C=O) groups is 1. The van der Waals surface area contributed by atoms with Crippen molar-refractivity contribution in [2.45, 2.75) is 47.6 Å². The number of carbonyl (C=O) groups excluding carboxylic acids is 1. The van der Waals surface area contributed by atoms with Crippen LogP contribution in [0.15, 0.2) is 60.7 Å². The summed E-state index contributed by atoms with van der Waals surface area (Å²) in [4.78, 5) is 12.7. The van der Waals surface area contributed by atoms with Gasteiger partial charge in [-0.2, -0.15) is 0 Å². The molecule has 0 aliphatic rings. The van der Waals surface area contributed by atoms with Gasteiger partial charge in [0.15, 0.2) is 0 Å². The Balaban J connectivity index is 1.83. The van der Waals surface area contributed by atoms with Gasteiger partial charge in [-0.25, -0.2) is 8.42 Å². The second-order valence-electron chi connectivity index (χ2n) is 8.56. The standard InChI is InChI=1S/C27H32N2O3S/c1-6-15-33(31,32)29(25-14-9-20(3)22(5)17-25)18-23-10-12-24(13-11-23)27(30)28-26-16-19(2)7-8-21(26)4/h7-14,16-17H,6,15,18H2,1-5H3,(H,28,30). The first-order chi connectivity index (χ1) is 15.6. The Morgan fingerprint density at radius 1 is 0.848 bits per heavy atom. The number of amides is 1. The number of nitrogens with zero attached hydrogens (tertiary/aromatic N) is 1. The van der Waals surface area contributed by atoms with Crippen molar-refractivity contribution in [1.82, 2.24) is 0 Å². The lowest BCUT2D eigenvalue weighted by Gasteiger charge is -2.25. The van der Waals surface area contributed by atoms with E-state index in [-0.39, 0.29) is 18.2 Å². The SMILES string of the molecule is CCCS(=O)(=O)N(Cc1ccc(C(=O)Nc2cc(C)ccc2C)cc1)c1ccc(C)c(C)c1. The molecule has 0 aliphatic heterocycles. The van der Waals surface area contributed by atoms with Gasteiger partial charge in [-0.1, -0.05) is 37.3 Å². The molecule has 0 unspecified atom stereocenters. The van der Waals surface area contributed by atoms with Crippen LogP contribution in [0.2, 0.25) is 0 Å². The van der Waals surface area contributed by atoms with Crippen LogP contribution in [0.3, 0.4) is 0 Å². The van der Waals surface area contributed by atoms with Crippen molar-refractivity contribution in [2.24, 2.45) is 0 Å². The zero-order valence-corrected chi connectivity index (χ0v) is 20.8. The number of aryl methyl sites for hydroxylation is 4. The molecule has 0 fully saturated rings. The summed E-state index contributed by atoms with van der Waals surface area (Å²) in [5.41, 5.74) is 7.01. The maximum atomic E-state index is 13.0. The van der Waals surface area contributed by atoms with E-state index in [1.807, 2.05) is 83.1 Å². The number of nitrogens with one attached hydrogen (secondary N) is 1. The summed E-state index contributed by atoms with van der Waals surface area (Å²) in [6.45, 7) is 10.00. The largest absolute Gasteiger partial charge is 0.322 e. The lowest BCUT2D eigenvalue weighted by atomic mass is 10.1. The first kappa shape index (κ1) is 24.5. The maximum Gasteiger partial charge on any atom is 0.255 e. The highest BCUT2D eigenvalue weighted by Crippen LogP contribution is 2.25. The summed E-state index contributed by atoms with van der Waals surface area (Å²) in [5, 5.41) is 2.96. The minimum atomic E-state index is -3.48. The molecule has 0 radical (unpaired) electrons. The van der Waals surface area contributed by atoms with E-state index in [2.05, 4.69) is 5.32 Å². The number of benzene rings is 3. The molecule has 174 valence electrons. The van der Waals surface area contributed by atoms with Gasteiger partial charge in [0.1, 0.15) is 0 Å². The van der Waals surface area contributed by atoms with Crippen molar-refractivity contribution in [3.05, 3.63) is 94.0 Å². The molecule has 6 heteroatoms. The Bertz CT molecular complexity index is 1250. The van der Waals surface area contributed by atoms with E-state index in [1.54, 1.807) is 12.1 Å². The third-order valence-electron chi connectivity index (χ3n) is 5.76. The average molecular weight is 465 g/mol. The molecule has 0 aromatic heterocycles. The van der Waals surface area contributed by atoms with Crippen molar-refractivity contribution in [3.63, 3.8) is 0 Å². The molecule has 5 nitrogen and oxygen atoms in total. The summed E-state index contributed by atoms with van der Waals surface area (Å²) in [5.74, 6) is -0.115. The number of rotatable bonds is 8. The van der Waals surface area contributed by atoms with Crippen LogP contribution in [0, 0.1) is 27.7 Å². The van der Waals surface area contributed by atoms with Gasteiger partial charge >= 0.3 is 0 Å². The summed E-state index contributed by atoms with van der Waals surface area (Å²) in [7, 11) is -3.48. The van der Waals surface area contributed by atoms with Gasteiger partial charge in [0.2, 0.25) is 10.0 Å². The van der Waals surface area contributed by atoms with E-state index in [4.69, 9.17) is 0 Å². The van der Waals surface area contributed by atoms with Gasteiger partial charge in [-0.05, 0) is 92.3 Å². The Kier molecular flexibility index (Phi) is 7.59. The van der Waals surface area contributed by atoms with Gasteiger partial charge in [0.05, 0.1) is 18.0 Å². The van der Waals surface area contributed by atoms with Crippen molar-refractivity contribution >= 4 is 27.3 Å². The van der Waals surface area contributed by atoms with Crippen LogP contribution < -0.4 is 9.62 Å². The van der Waals surface area contributed by atoms with Gasteiger partial charge in [0.25, 0.3) is 5.91 Å². The molecule has 33 heavy (non-hydrogen) atoms. The van der Waals surface area contributed by atoms with Crippen LogP contribution in [0.5, 0.6) is 0 Å². The zero-order chi connectivity index (χ0) is 24.2. The third-order valence-corrected chi connectivity index (χ3v) is 7.70. The van der Waals surface area contributed by atoms with Crippen molar-refractivity contribution in [2.75, 3.05) is 15.4 Å². The summed E-state index contributed by atoms with van der Waals surface area (Å²) < 4.78 is 27.5. The van der Waals surface area contributed by atoms with Gasteiger partial charge in [0, 0.05) is 11.3 Å². The monoisotopic (exact) mass is 464 g/mol. The van der Waals surface area contributed by atoms with Crippen LogP contribution in [-0.4, -0.2) is 20.1 Å². The Hall–Kier alpha value is -3.12. The van der Waals surface area contributed by atoms with Crippen LogP contribution in [0.25, 0.3) is 0 Å². The molecule has 0 atom stereocenters. The molecule has 0 aliphatic carbocycles. The molecule has 0 heterocycles. The normalized spacial score (nSPS) is 11.3. The minimum Gasteiger partial charge on any atom is -0.322 e. The van der Waals surface area contributed by atoms with E-state index in [0.717, 1.165) is 33.5 Å². The molecule has 1 amide bonds. The van der Waals surface area contributed by atoms with Crippen molar-refractivity contribution < 1.29 is 13.2 Å². The Labute approximate surface area is 197 Å². The van der Waals surface area contributed by atoms with Crippen LogP contribution in [0.1, 0.15) is 51.5 Å². The smallest absolute Gasteiger partial charge is 0.255 e. The molecule has 3 aromatic rings. The molecule has 0 bridgehead atoms. The van der Waals surface area contributed by atoms with E-state index in [0.29, 0.717) is 17.7 Å². The fourth-order valence-corrected chi connectivity index (χ4v) is 5.11. The number of hydrogen-bond acceptors (Lipinski definition) is 3. The van der Waals surface area contributed by atoms with E-state index < -0.39 is 10.0 Å². The molecule has 0 saturated carbocycles. The quantitative estimate of drug-likeness (QED) is 0.450. The second-order valence-corrected chi connectivity index (χ2v) is 10.6. The van der Waals surface area contributed by atoms with Crippen LogP contribution >= 0.6 is 0 Å². The van der Waals surface area contributed by atoms with Crippen LogP contribution in [-0.2, 0) is 16.6 Å². The highest BCUT2D eigenvalue weighted by molar-refractivity contribution is 7.92. The Morgan fingerprint density at radius 3 is 2.15 bits per heavy atom. The summed E-state index contributed by atoms with van der Waals surface area (Å²) in [6.07, 6.45) is 0.543. The lowest BCUT2D eigenvalue weighted by molar-refractivity contribution is 0.102. The third kappa shape index (κ3) is 6.02. The summed E-state index contributed by atoms with van der Waals surface area (Å²) >= 11 is 0. The highest BCUT2D eigenvalue weighted by Gasteiger charge is 2.22. The fraction of sp³-hybridized carbons (Fsp3) is 0.296. The zero-order valence-electron chi connectivity index (χ0n) is 20.0. The predicted molar refractivity (Wildman–Crippen MR) is 136 cm³/mol. The average Bonchev–Trinajstić information content (AvgIpc) is 2.77. The molecule has 3 aromatic carbocycles. The second kappa shape index (κ2) is 10.2. The number of hydrogen-bond donors (Lipinski definition) is 1. The molecule has 3 rings (SSSR count). The molecule has 0 spiro atoms. The topological polar surface area (TPSA) is 66.5 Å². The van der Waals surface area contributed by atoms with Crippen LogP contribution in [0.4, 0.5) is 11.4 Å². The first-order valence-electron chi connectivity index (χ1n) is 11.2. The molecular weight excluding hydrogens is 432 g/mol. The maximum absolute atomic E-state index is 13.0. The molecule has 1 N–H and O–H groups in total. The van der Waals surface area contributed by atoms with Gasteiger partial charge < -0.3 is 5.32 Å². The number of sulfonamides is 1. The lowest BCUT2D eigenvalue weighted by Crippen LogP contribution is -2.32. The van der Waals surface area contributed by atoms with Gasteiger partial charge in [-0.15, -0.1) is 0 Å². The minimum absolute atomic E-state index is 0.0796. The molecule has 0 saturated heterocycles. The first-order valence-corrected chi connectivity index (χ1v) is 12.8. The molecular formula is C27H32N2O3S. The number of anilines is 2. The highest BCUT2D eigenvalue weighted by atomic mass is 32.2. The van der Waals surface area contributed by atoms with E-state index in [9.17, 15) is 13.2 Å².